The minimum Gasteiger partial charge on any atom is -0.379 e. The van der Waals surface area contributed by atoms with Gasteiger partial charge in [-0.05, 0) is 35.8 Å². The monoisotopic (exact) mass is 263 g/mol. The molecule has 1 aromatic carbocycles. The summed E-state index contributed by atoms with van der Waals surface area (Å²) in [5, 5.41) is 24.9. The number of nitrogens with one attached hydrogen (secondary N) is 2. The van der Waals surface area contributed by atoms with Gasteiger partial charge in [0.15, 0.2) is 5.52 Å². The van der Waals surface area contributed by atoms with Gasteiger partial charge in [-0.1, -0.05) is 0 Å². The quantitative estimate of drug-likeness (QED) is 0.634. The Morgan fingerprint density at radius 3 is 3.00 bits per heavy atom. The van der Waals surface area contributed by atoms with Gasteiger partial charge in [-0.3, -0.25) is 10.1 Å². The average molecular weight is 263 g/mol. The lowest BCUT2D eigenvalue weighted by atomic mass is 10.1. The van der Waals surface area contributed by atoms with Gasteiger partial charge in [-0.25, -0.2) is 4.63 Å². The van der Waals surface area contributed by atoms with E-state index in [9.17, 15) is 10.1 Å². The maximum Gasteiger partial charge on any atom is 0.300 e. The smallest absolute Gasteiger partial charge is 0.300 e. The molecule has 1 unspecified atom stereocenters. The maximum atomic E-state index is 10.9. The minimum atomic E-state index is -0.488. The van der Waals surface area contributed by atoms with Crippen LogP contribution in [0.4, 0.5) is 11.4 Å². The van der Waals surface area contributed by atoms with Crippen LogP contribution in [0, 0.1) is 10.1 Å². The number of nitro benzene ring substituents is 1. The topological polar surface area (TPSA) is 106 Å². The summed E-state index contributed by atoms with van der Waals surface area (Å²) in [6.45, 7) is 1.89. The van der Waals surface area contributed by atoms with Gasteiger partial charge in [0.25, 0.3) is 0 Å². The zero-order valence-electron chi connectivity index (χ0n) is 10.1. The number of piperidine rings is 1. The lowest BCUT2D eigenvalue weighted by Gasteiger charge is -2.24. The number of hydrogen-bond donors (Lipinski definition) is 2. The summed E-state index contributed by atoms with van der Waals surface area (Å²) in [6, 6.07) is 3.36. The fourth-order valence-corrected chi connectivity index (χ4v) is 2.31. The molecule has 8 heteroatoms. The van der Waals surface area contributed by atoms with E-state index >= 15 is 0 Å². The predicted molar refractivity (Wildman–Crippen MR) is 68.0 cm³/mol. The fourth-order valence-electron chi connectivity index (χ4n) is 2.31. The van der Waals surface area contributed by atoms with Crippen molar-refractivity contribution in [1.29, 1.82) is 0 Å². The van der Waals surface area contributed by atoms with E-state index in [4.69, 9.17) is 0 Å². The minimum absolute atomic E-state index is 0.0939. The van der Waals surface area contributed by atoms with Gasteiger partial charge in [0.1, 0.15) is 0 Å². The Bertz CT molecular complexity index is 605. The van der Waals surface area contributed by atoms with Crippen molar-refractivity contribution in [2.75, 3.05) is 18.4 Å². The molecule has 0 bridgehead atoms. The molecule has 2 N–H and O–H groups in total. The zero-order valence-corrected chi connectivity index (χ0v) is 10.1. The normalized spacial score (nSPS) is 19.5. The molecule has 1 atom stereocenters. The lowest BCUT2D eigenvalue weighted by Crippen LogP contribution is -2.38. The molecule has 1 aliphatic rings. The third-order valence-corrected chi connectivity index (χ3v) is 3.25. The van der Waals surface area contributed by atoms with Crippen LogP contribution in [0.2, 0.25) is 0 Å². The average Bonchev–Trinajstić information content (AvgIpc) is 2.89. The van der Waals surface area contributed by atoms with Crippen molar-refractivity contribution in [3.63, 3.8) is 0 Å². The number of hydrogen-bond acceptors (Lipinski definition) is 7. The zero-order chi connectivity index (χ0) is 13.2. The van der Waals surface area contributed by atoms with Crippen molar-refractivity contribution < 1.29 is 9.55 Å². The van der Waals surface area contributed by atoms with Gasteiger partial charge in [0, 0.05) is 18.7 Å². The molecule has 1 fully saturated rings. The van der Waals surface area contributed by atoms with E-state index in [0.29, 0.717) is 5.52 Å². The fraction of sp³-hybridized carbons (Fsp3) is 0.455. The number of fused-ring (bicyclic) bond motifs is 1. The molecular weight excluding hydrogens is 250 g/mol. The molecule has 1 saturated heterocycles. The SMILES string of the molecule is O=[N+]([O-])c1ccc(NC2CCCNC2)c2nonc12. The number of nitrogens with zero attached hydrogens (tertiary/aromatic N) is 3. The molecule has 0 amide bonds. The highest BCUT2D eigenvalue weighted by molar-refractivity contribution is 5.93. The summed E-state index contributed by atoms with van der Waals surface area (Å²) in [5.41, 5.74) is 1.21. The standard InChI is InChI=1S/C11H13N5O3/c17-16(18)9-4-3-8(10-11(9)15-19-14-10)13-7-2-1-5-12-6-7/h3-4,7,12-13H,1-2,5-6H2. The van der Waals surface area contributed by atoms with Crippen LogP contribution >= 0.6 is 0 Å². The van der Waals surface area contributed by atoms with Crippen LogP contribution in [0.25, 0.3) is 11.0 Å². The summed E-state index contributed by atoms with van der Waals surface area (Å²) in [4.78, 5) is 10.4. The highest BCUT2D eigenvalue weighted by Gasteiger charge is 2.21. The first-order valence-corrected chi connectivity index (χ1v) is 6.12. The molecular formula is C11H13N5O3. The van der Waals surface area contributed by atoms with Crippen LogP contribution in [0.15, 0.2) is 16.8 Å². The molecule has 1 aliphatic heterocycles. The molecule has 19 heavy (non-hydrogen) atoms. The Hall–Kier alpha value is -2.22. The summed E-state index contributed by atoms with van der Waals surface area (Å²) in [7, 11) is 0. The van der Waals surface area contributed by atoms with Gasteiger partial charge >= 0.3 is 5.69 Å². The van der Waals surface area contributed by atoms with Crippen LogP contribution < -0.4 is 10.6 Å². The van der Waals surface area contributed by atoms with E-state index in [1.807, 2.05) is 0 Å². The number of nitro groups is 1. The van der Waals surface area contributed by atoms with Crippen LogP contribution in [0.1, 0.15) is 12.8 Å². The molecule has 0 saturated carbocycles. The highest BCUT2D eigenvalue weighted by Crippen LogP contribution is 2.29. The molecule has 2 heterocycles. The van der Waals surface area contributed by atoms with E-state index in [1.54, 1.807) is 6.07 Å². The molecule has 0 radical (unpaired) electrons. The van der Waals surface area contributed by atoms with Gasteiger partial charge in [0.05, 0.1) is 10.6 Å². The number of non-ortho nitro benzene ring substituents is 1. The molecule has 2 aromatic rings. The first kappa shape index (κ1) is 11.8. The number of aromatic nitrogens is 2. The van der Waals surface area contributed by atoms with E-state index < -0.39 is 4.92 Å². The van der Waals surface area contributed by atoms with E-state index in [1.165, 1.54) is 6.07 Å². The van der Waals surface area contributed by atoms with Crippen molar-refractivity contribution >= 4 is 22.4 Å². The second kappa shape index (κ2) is 4.81. The van der Waals surface area contributed by atoms with Crippen LogP contribution in [0.3, 0.4) is 0 Å². The van der Waals surface area contributed by atoms with Crippen molar-refractivity contribution in [3.8, 4) is 0 Å². The third kappa shape index (κ3) is 2.22. The van der Waals surface area contributed by atoms with Crippen molar-refractivity contribution in [1.82, 2.24) is 15.6 Å². The number of rotatable bonds is 3. The Morgan fingerprint density at radius 1 is 1.42 bits per heavy atom. The van der Waals surface area contributed by atoms with Gasteiger partial charge < -0.3 is 10.6 Å². The Morgan fingerprint density at radius 2 is 2.26 bits per heavy atom. The van der Waals surface area contributed by atoms with Gasteiger partial charge in [-0.15, -0.1) is 0 Å². The Labute approximate surface area is 108 Å². The highest BCUT2D eigenvalue weighted by atomic mass is 16.6. The number of anilines is 1. The van der Waals surface area contributed by atoms with Crippen LogP contribution in [0.5, 0.6) is 0 Å². The largest absolute Gasteiger partial charge is 0.379 e. The molecule has 8 nitrogen and oxygen atoms in total. The molecule has 3 rings (SSSR count). The van der Waals surface area contributed by atoms with E-state index in [2.05, 4.69) is 25.6 Å². The lowest BCUT2D eigenvalue weighted by molar-refractivity contribution is -0.383. The second-order valence-corrected chi connectivity index (χ2v) is 4.54. The molecule has 0 spiro atoms. The molecule has 100 valence electrons. The van der Waals surface area contributed by atoms with E-state index in [-0.39, 0.29) is 17.2 Å². The summed E-state index contributed by atoms with van der Waals surface area (Å²) in [6.07, 6.45) is 2.15. The second-order valence-electron chi connectivity index (χ2n) is 4.54. The summed E-state index contributed by atoms with van der Waals surface area (Å²) < 4.78 is 4.63. The maximum absolute atomic E-state index is 10.9. The molecule has 1 aromatic heterocycles. The predicted octanol–water partition coefficient (Wildman–Crippen LogP) is 1.29. The third-order valence-electron chi connectivity index (χ3n) is 3.25. The summed E-state index contributed by atoms with van der Waals surface area (Å²) in [5.74, 6) is 0. The van der Waals surface area contributed by atoms with Gasteiger partial charge in [0.2, 0.25) is 5.52 Å². The first-order chi connectivity index (χ1) is 9.25. The van der Waals surface area contributed by atoms with Crippen LogP contribution in [-0.2, 0) is 0 Å². The van der Waals surface area contributed by atoms with Crippen LogP contribution in [-0.4, -0.2) is 34.4 Å². The number of benzene rings is 1. The van der Waals surface area contributed by atoms with Crippen molar-refractivity contribution in [3.05, 3.63) is 22.2 Å². The Balaban J connectivity index is 1.93. The Kier molecular flexibility index (Phi) is 3.00. The molecule has 0 aliphatic carbocycles. The first-order valence-electron chi connectivity index (χ1n) is 6.12. The summed E-state index contributed by atoms with van der Waals surface area (Å²) >= 11 is 0. The van der Waals surface area contributed by atoms with Crippen molar-refractivity contribution in [2.45, 2.75) is 18.9 Å². The van der Waals surface area contributed by atoms with E-state index in [0.717, 1.165) is 31.6 Å². The van der Waals surface area contributed by atoms with Gasteiger partial charge in [-0.2, -0.15) is 0 Å². The van der Waals surface area contributed by atoms with Crippen molar-refractivity contribution in [2.24, 2.45) is 0 Å².